The molecule has 0 saturated heterocycles. The summed E-state index contributed by atoms with van der Waals surface area (Å²) >= 11 is 0. The summed E-state index contributed by atoms with van der Waals surface area (Å²) in [5, 5.41) is 0. The Balaban J connectivity index is 1.74. The number of fused-ring (bicyclic) bond motifs is 3. The normalized spacial score (nSPS) is 13.6. The third kappa shape index (κ3) is 2.05. The van der Waals surface area contributed by atoms with Crippen LogP contribution < -0.4 is 5.73 Å². The van der Waals surface area contributed by atoms with E-state index in [1.807, 2.05) is 18.3 Å². The highest BCUT2D eigenvalue weighted by atomic mass is 14.7. The van der Waals surface area contributed by atoms with Crippen LogP contribution in [0.3, 0.4) is 0 Å². The number of nitrogens with two attached hydrogens (primary N) is 1. The molecule has 0 bridgehead atoms. The highest BCUT2D eigenvalue weighted by molar-refractivity contribution is 5.77. The van der Waals surface area contributed by atoms with Crippen molar-refractivity contribution in [1.82, 2.24) is 4.98 Å². The molecule has 0 fully saturated rings. The molecule has 2 heteroatoms. The number of pyridine rings is 1. The largest absolute Gasteiger partial charge is 0.320 e. The summed E-state index contributed by atoms with van der Waals surface area (Å²) in [5.41, 5.74) is 14.0. The molecule has 0 amide bonds. The maximum absolute atomic E-state index is 6.38. The van der Waals surface area contributed by atoms with E-state index < -0.39 is 0 Å². The molecule has 1 aliphatic carbocycles. The van der Waals surface area contributed by atoms with Gasteiger partial charge in [0, 0.05) is 12.4 Å². The highest BCUT2D eigenvalue weighted by Crippen LogP contribution is 2.37. The van der Waals surface area contributed by atoms with Crippen molar-refractivity contribution in [3.63, 3.8) is 0 Å². The fourth-order valence-electron chi connectivity index (χ4n) is 3.11. The SMILES string of the molecule is NC(c1cccnc1)c1ccc2c(c1)Cc1ccccc1-2. The molecule has 2 aromatic carbocycles. The van der Waals surface area contributed by atoms with E-state index in [0.29, 0.717) is 0 Å². The van der Waals surface area contributed by atoms with Crippen molar-refractivity contribution in [3.05, 3.63) is 89.2 Å². The van der Waals surface area contributed by atoms with E-state index in [1.165, 1.54) is 22.3 Å². The number of nitrogens with zero attached hydrogens (tertiary/aromatic N) is 1. The van der Waals surface area contributed by atoms with Gasteiger partial charge >= 0.3 is 0 Å². The average Bonchev–Trinajstić information content (AvgIpc) is 2.92. The van der Waals surface area contributed by atoms with Gasteiger partial charge in [0.1, 0.15) is 0 Å². The maximum atomic E-state index is 6.38. The Morgan fingerprint density at radius 3 is 2.57 bits per heavy atom. The van der Waals surface area contributed by atoms with Crippen LogP contribution >= 0.6 is 0 Å². The predicted octanol–water partition coefficient (Wildman–Crippen LogP) is 3.70. The Labute approximate surface area is 124 Å². The first kappa shape index (κ1) is 12.3. The molecular weight excluding hydrogens is 256 g/mol. The maximum Gasteiger partial charge on any atom is 0.0567 e. The average molecular weight is 272 g/mol. The third-order valence-electron chi connectivity index (χ3n) is 4.22. The summed E-state index contributed by atoms with van der Waals surface area (Å²) in [4.78, 5) is 4.16. The lowest BCUT2D eigenvalue weighted by Gasteiger charge is -2.13. The number of hydrogen-bond donors (Lipinski definition) is 1. The second-order valence-corrected chi connectivity index (χ2v) is 5.51. The Hall–Kier alpha value is -2.45. The number of hydrogen-bond acceptors (Lipinski definition) is 2. The monoisotopic (exact) mass is 272 g/mol. The topological polar surface area (TPSA) is 38.9 Å². The Morgan fingerprint density at radius 2 is 1.71 bits per heavy atom. The van der Waals surface area contributed by atoms with Crippen molar-refractivity contribution in [3.8, 4) is 11.1 Å². The molecule has 4 rings (SSSR count). The zero-order valence-corrected chi connectivity index (χ0v) is 11.7. The van der Waals surface area contributed by atoms with Crippen LogP contribution in [0, 0.1) is 0 Å². The molecule has 0 spiro atoms. The Bertz CT molecular complexity index is 794. The molecular formula is C19H16N2. The highest BCUT2D eigenvalue weighted by Gasteiger charge is 2.19. The van der Waals surface area contributed by atoms with Gasteiger partial charge in [-0.15, -0.1) is 0 Å². The molecule has 1 atom stereocenters. The quantitative estimate of drug-likeness (QED) is 0.604. The summed E-state index contributed by atoms with van der Waals surface area (Å²) in [6, 6.07) is 19.0. The number of aromatic nitrogens is 1. The molecule has 1 aromatic heterocycles. The first-order valence-corrected chi connectivity index (χ1v) is 7.19. The second kappa shape index (κ2) is 4.83. The first-order chi connectivity index (χ1) is 10.3. The van der Waals surface area contributed by atoms with Gasteiger partial charge in [0.05, 0.1) is 6.04 Å². The molecule has 1 heterocycles. The summed E-state index contributed by atoms with van der Waals surface area (Å²) in [6.45, 7) is 0. The van der Waals surface area contributed by atoms with Crippen LogP contribution in [0.1, 0.15) is 28.3 Å². The molecule has 3 aromatic rings. The first-order valence-electron chi connectivity index (χ1n) is 7.19. The zero-order chi connectivity index (χ0) is 14.2. The van der Waals surface area contributed by atoms with E-state index in [1.54, 1.807) is 6.20 Å². The van der Waals surface area contributed by atoms with Crippen LogP contribution in [-0.4, -0.2) is 4.98 Å². The molecule has 0 radical (unpaired) electrons. The van der Waals surface area contributed by atoms with Crippen LogP contribution in [0.2, 0.25) is 0 Å². The van der Waals surface area contributed by atoms with Crippen LogP contribution in [0.15, 0.2) is 67.0 Å². The third-order valence-corrected chi connectivity index (χ3v) is 4.22. The van der Waals surface area contributed by atoms with E-state index in [2.05, 4.69) is 47.4 Å². The van der Waals surface area contributed by atoms with E-state index >= 15 is 0 Å². The molecule has 2 nitrogen and oxygen atoms in total. The van der Waals surface area contributed by atoms with Crippen LogP contribution in [0.25, 0.3) is 11.1 Å². The van der Waals surface area contributed by atoms with E-state index in [-0.39, 0.29) is 6.04 Å². The molecule has 0 saturated carbocycles. The van der Waals surface area contributed by atoms with E-state index in [0.717, 1.165) is 17.5 Å². The summed E-state index contributed by atoms with van der Waals surface area (Å²) < 4.78 is 0. The van der Waals surface area contributed by atoms with Gasteiger partial charge < -0.3 is 5.73 Å². The van der Waals surface area contributed by atoms with Crippen molar-refractivity contribution in [2.45, 2.75) is 12.5 Å². The predicted molar refractivity (Wildman–Crippen MR) is 85.0 cm³/mol. The van der Waals surface area contributed by atoms with Gasteiger partial charge in [-0.1, -0.05) is 48.5 Å². The Kier molecular flexibility index (Phi) is 2.83. The summed E-state index contributed by atoms with van der Waals surface area (Å²) in [5.74, 6) is 0. The van der Waals surface area contributed by atoms with Crippen molar-refractivity contribution < 1.29 is 0 Å². The molecule has 1 unspecified atom stereocenters. The second-order valence-electron chi connectivity index (χ2n) is 5.51. The van der Waals surface area contributed by atoms with Crippen molar-refractivity contribution in [2.75, 3.05) is 0 Å². The minimum Gasteiger partial charge on any atom is -0.320 e. The van der Waals surface area contributed by atoms with Gasteiger partial charge in [0.25, 0.3) is 0 Å². The number of rotatable bonds is 2. The molecule has 0 aliphatic heterocycles. The minimum atomic E-state index is -0.118. The van der Waals surface area contributed by atoms with Gasteiger partial charge in [-0.3, -0.25) is 4.98 Å². The van der Waals surface area contributed by atoms with Crippen LogP contribution in [0.5, 0.6) is 0 Å². The lowest BCUT2D eigenvalue weighted by atomic mass is 9.96. The summed E-state index contributed by atoms with van der Waals surface area (Å²) in [7, 11) is 0. The van der Waals surface area contributed by atoms with Crippen LogP contribution in [-0.2, 0) is 6.42 Å². The molecule has 21 heavy (non-hydrogen) atoms. The fourth-order valence-corrected chi connectivity index (χ4v) is 3.11. The lowest BCUT2D eigenvalue weighted by molar-refractivity contribution is 0.861. The van der Waals surface area contributed by atoms with E-state index in [4.69, 9.17) is 5.73 Å². The van der Waals surface area contributed by atoms with Crippen molar-refractivity contribution in [1.29, 1.82) is 0 Å². The van der Waals surface area contributed by atoms with Gasteiger partial charge in [0.2, 0.25) is 0 Å². The molecule has 2 N–H and O–H groups in total. The summed E-state index contributed by atoms with van der Waals surface area (Å²) in [6.07, 6.45) is 4.61. The molecule has 102 valence electrons. The minimum absolute atomic E-state index is 0.118. The zero-order valence-electron chi connectivity index (χ0n) is 11.7. The number of benzene rings is 2. The van der Waals surface area contributed by atoms with Crippen molar-refractivity contribution >= 4 is 0 Å². The van der Waals surface area contributed by atoms with E-state index in [9.17, 15) is 0 Å². The van der Waals surface area contributed by atoms with Gasteiger partial charge in [-0.25, -0.2) is 0 Å². The van der Waals surface area contributed by atoms with Crippen LogP contribution in [0.4, 0.5) is 0 Å². The van der Waals surface area contributed by atoms with Gasteiger partial charge in [-0.05, 0) is 45.9 Å². The van der Waals surface area contributed by atoms with Crippen molar-refractivity contribution in [2.24, 2.45) is 5.73 Å². The van der Waals surface area contributed by atoms with Gasteiger partial charge in [0.15, 0.2) is 0 Å². The standard InChI is InChI=1S/C19H16N2/c20-19(15-5-3-9-21-12-15)14-7-8-18-16(11-14)10-13-4-1-2-6-17(13)18/h1-9,11-12,19H,10,20H2. The smallest absolute Gasteiger partial charge is 0.0567 e. The lowest BCUT2D eigenvalue weighted by Crippen LogP contribution is -2.12. The Morgan fingerprint density at radius 1 is 0.857 bits per heavy atom. The van der Waals surface area contributed by atoms with Gasteiger partial charge in [-0.2, -0.15) is 0 Å². The fraction of sp³-hybridized carbons (Fsp3) is 0.105. The molecule has 1 aliphatic rings.